The van der Waals surface area contributed by atoms with Crippen molar-refractivity contribution in [2.75, 3.05) is 4.90 Å². The number of carbonyl (C=O) groups excluding carboxylic acids is 4. The summed E-state index contributed by atoms with van der Waals surface area (Å²) >= 11 is 2.19. The third-order valence-corrected chi connectivity index (χ3v) is 11.3. The number of ketones is 2. The fourth-order valence-corrected chi connectivity index (χ4v) is 9.02. The molecule has 4 aliphatic rings. The van der Waals surface area contributed by atoms with Gasteiger partial charge in [-0.2, -0.15) is 0 Å². The molecule has 0 bridgehead atoms. The standard InChI is InChI=1S/C39H30INO6/c40-24-11-13-25(14-12-24)41-37(45)28-17-16-27-30(34(28)38(41)46)19-31-36(44)29(22-7-3-1-4-8-22)20-33(43)39(31,23-9-5-2-6-10-23)35(27)32-18-15-26(21-42)47-32/h1-16,18,20,28,30-31,34-35,42H,17,19,21H2. The number of imide groups is 1. The molecule has 4 aromatic rings. The molecule has 47 heavy (non-hydrogen) atoms. The first-order chi connectivity index (χ1) is 22.8. The van der Waals surface area contributed by atoms with Crippen molar-refractivity contribution in [3.8, 4) is 0 Å². The van der Waals surface area contributed by atoms with Gasteiger partial charge in [0.1, 0.15) is 18.1 Å². The number of benzene rings is 3. The number of amides is 2. The number of carbonyl (C=O) groups is 4. The molecule has 8 heteroatoms. The molecule has 7 nitrogen and oxygen atoms in total. The van der Waals surface area contributed by atoms with Crippen LogP contribution < -0.4 is 4.90 Å². The zero-order chi connectivity index (χ0) is 32.4. The number of hydrogen-bond acceptors (Lipinski definition) is 6. The van der Waals surface area contributed by atoms with E-state index in [1.54, 1.807) is 24.3 Å². The summed E-state index contributed by atoms with van der Waals surface area (Å²) in [6, 6.07) is 29.3. The molecule has 3 aromatic carbocycles. The van der Waals surface area contributed by atoms with E-state index in [9.17, 15) is 24.3 Å². The molecule has 2 heterocycles. The van der Waals surface area contributed by atoms with Crippen LogP contribution in [0.1, 0.15) is 41.4 Å². The van der Waals surface area contributed by atoms with Crippen LogP contribution in [0.15, 0.2) is 119 Å². The van der Waals surface area contributed by atoms with Crippen molar-refractivity contribution >= 4 is 57.2 Å². The van der Waals surface area contributed by atoms with Crippen molar-refractivity contribution in [1.82, 2.24) is 0 Å². The van der Waals surface area contributed by atoms with E-state index >= 15 is 0 Å². The normalized spacial score (nSPS) is 28.4. The van der Waals surface area contributed by atoms with Gasteiger partial charge in [0.25, 0.3) is 0 Å². The molecule has 8 rings (SSSR count). The van der Waals surface area contributed by atoms with Gasteiger partial charge in [0.05, 0.1) is 28.9 Å². The van der Waals surface area contributed by atoms with Gasteiger partial charge in [0, 0.05) is 15.1 Å². The van der Waals surface area contributed by atoms with Crippen LogP contribution in [0, 0.1) is 27.2 Å². The number of hydrogen-bond donors (Lipinski definition) is 1. The summed E-state index contributed by atoms with van der Waals surface area (Å²) in [4.78, 5) is 59.4. The smallest absolute Gasteiger partial charge is 0.238 e. The second kappa shape index (κ2) is 11.4. The number of Topliss-reactive ketones (excluding diaryl/α,β-unsaturated/α-hetero) is 1. The average Bonchev–Trinajstić information content (AvgIpc) is 3.68. The van der Waals surface area contributed by atoms with E-state index in [1.807, 2.05) is 78.9 Å². The topological polar surface area (TPSA) is 105 Å². The molecule has 1 aromatic heterocycles. The van der Waals surface area contributed by atoms with Crippen molar-refractivity contribution in [1.29, 1.82) is 0 Å². The summed E-state index contributed by atoms with van der Waals surface area (Å²) in [6.07, 6.45) is 4.05. The van der Waals surface area contributed by atoms with E-state index in [4.69, 9.17) is 4.42 Å². The average molecular weight is 736 g/mol. The SMILES string of the molecule is O=C1C(c2ccccc2)=CC(=O)C2(c3ccccc3)C1CC1C(=CCC3C(=O)N(c4ccc(I)cc4)C(=O)C31)C2c1ccc(CO)o1. The highest BCUT2D eigenvalue weighted by atomic mass is 127. The van der Waals surface area contributed by atoms with E-state index in [0.29, 0.717) is 40.3 Å². The lowest BCUT2D eigenvalue weighted by Gasteiger charge is -2.54. The van der Waals surface area contributed by atoms with Crippen LogP contribution in [0.5, 0.6) is 0 Å². The second-order valence-corrected chi connectivity index (χ2v) is 14.0. The lowest BCUT2D eigenvalue weighted by Crippen LogP contribution is -2.58. The summed E-state index contributed by atoms with van der Waals surface area (Å²) in [5.74, 6) is -3.48. The molecule has 0 spiro atoms. The molecular weight excluding hydrogens is 705 g/mol. The van der Waals surface area contributed by atoms with Crippen LogP contribution in [0.2, 0.25) is 0 Å². The number of aliphatic hydroxyl groups is 1. The molecule has 234 valence electrons. The number of rotatable bonds is 5. The first-order valence-corrected chi connectivity index (χ1v) is 16.9. The quantitative estimate of drug-likeness (QED) is 0.145. The highest BCUT2D eigenvalue weighted by molar-refractivity contribution is 14.1. The molecule has 6 unspecified atom stereocenters. The summed E-state index contributed by atoms with van der Waals surface area (Å²) in [6.45, 7) is -0.329. The number of furan rings is 1. The van der Waals surface area contributed by atoms with Crippen LogP contribution in [0.25, 0.3) is 5.57 Å². The predicted molar refractivity (Wildman–Crippen MR) is 183 cm³/mol. The second-order valence-electron chi connectivity index (χ2n) is 12.7. The largest absolute Gasteiger partial charge is 0.463 e. The Morgan fingerprint density at radius 3 is 2.21 bits per heavy atom. The number of halogens is 1. The zero-order valence-electron chi connectivity index (χ0n) is 25.2. The van der Waals surface area contributed by atoms with Gasteiger partial charge < -0.3 is 9.52 Å². The van der Waals surface area contributed by atoms with E-state index in [1.165, 1.54) is 11.0 Å². The molecular formula is C39H30INO6. The van der Waals surface area contributed by atoms with Crippen LogP contribution in [0.4, 0.5) is 5.69 Å². The molecule has 2 amide bonds. The minimum absolute atomic E-state index is 0.175. The van der Waals surface area contributed by atoms with E-state index in [-0.39, 0.29) is 36.4 Å². The minimum Gasteiger partial charge on any atom is -0.463 e. The Balaban J connectivity index is 1.34. The number of nitrogens with zero attached hydrogens (tertiary/aromatic N) is 1. The maximum absolute atomic E-state index is 14.9. The molecule has 1 N–H and O–H groups in total. The Kier molecular flexibility index (Phi) is 7.25. The maximum atomic E-state index is 14.9. The molecule has 1 saturated heterocycles. The Morgan fingerprint density at radius 2 is 1.53 bits per heavy atom. The fraction of sp³-hybridized carbons (Fsp3) is 0.231. The van der Waals surface area contributed by atoms with E-state index in [2.05, 4.69) is 22.6 Å². The van der Waals surface area contributed by atoms with Gasteiger partial charge in [-0.15, -0.1) is 0 Å². The monoisotopic (exact) mass is 735 g/mol. The number of fused-ring (bicyclic) bond motifs is 4. The Labute approximate surface area is 285 Å². The van der Waals surface area contributed by atoms with Crippen molar-refractivity contribution < 1.29 is 28.7 Å². The molecule has 6 atom stereocenters. The van der Waals surface area contributed by atoms with Gasteiger partial charge in [-0.3, -0.25) is 24.1 Å². The van der Waals surface area contributed by atoms with E-state index < -0.39 is 35.0 Å². The minimum atomic E-state index is -1.36. The van der Waals surface area contributed by atoms with Crippen LogP contribution in [-0.2, 0) is 31.2 Å². The lowest BCUT2D eigenvalue weighted by molar-refractivity contribution is -0.135. The lowest BCUT2D eigenvalue weighted by atomic mass is 9.45. The Hall–Kier alpha value is -4.41. The summed E-state index contributed by atoms with van der Waals surface area (Å²) in [5.41, 5.74) is 1.68. The predicted octanol–water partition coefficient (Wildman–Crippen LogP) is 6.41. The summed E-state index contributed by atoms with van der Waals surface area (Å²) in [5, 5.41) is 9.96. The highest BCUT2D eigenvalue weighted by Crippen LogP contribution is 2.63. The summed E-state index contributed by atoms with van der Waals surface area (Å²) < 4.78 is 7.22. The van der Waals surface area contributed by atoms with E-state index in [0.717, 1.165) is 9.14 Å². The number of allylic oxidation sites excluding steroid dienone is 4. The first kappa shape index (κ1) is 30.0. The number of anilines is 1. The van der Waals surface area contributed by atoms with Crippen molar-refractivity contribution in [2.24, 2.45) is 23.7 Å². The molecule has 1 saturated carbocycles. The molecule has 2 fully saturated rings. The van der Waals surface area contributed by atoms with Gasteiger partial charge in [-0.05, 0) is 95.0 Å². The third-order valence-electron chi connectivity index (χ3n) is 10.6. The van der Waals surface area contributed by atoms with Crippen molar-refractivity contribution in [3.05, 3.63) is 141 Å². The molecule has 3 aliphatic carbocycles. The van der Waals surface area contributed by atoms with Gasteiger partial charge in [-0.25, -0.2) is 0 Å². The first-order valence-electron chi connectivity index (χ1n) is 15.8. The molecule has 0 radical (unpaired) electrons. The number of aliphatic hydroxyl groups excluding tert-OH is 1. The Bertz CT molecular complexity index is 2000. The van der Waals surface area contributed by atoms with Crippen LogP contribution in [0.3, 0.4) is 0 Å². The zero-order valence-corrected chi connectivity index (χ0v) is 27.4. The van der Waals surface area contributed by atoms with Gasteiger partial charge >= 0.3 is 0 Å². The van der Waals surface area contributed by atoms with Crippen molar-refractivity contribution in [3.63, 3.8) is 0 Å². The van der Waals surface area contributed by atoms with Gasteiger partial charge in [-0.1, -0.05) is 72.3 Å². The van der Waals surface area contributed by atoms with Crippen LogP contribution in [-0.4, -0.2) is 28.5 Å². The fourth-order valence-electron chi connectivity index (χ4n) is 8.66. The van der Waals surface area contributed by atoms with Crippen LogP contribution >= 0.6 is 22.6 Å². The Morgan fingerprint density at radius 1 is 0.830 bits per heavy atom. The highest BCUT2D eigenvalue weighted by Gasteiger charge is 2.66. The summed E-state index contributed by atoms with van der Waals surface area (Å²) in [7, 11) is 0. The van der Waals surface area contributed by atoms with Gasteiger partial charge in [0.2, 0.25) is 11.8 Å². The third kappa shape index (κ3) is 4.41. The van der Waals surface area contributed by atoms with Crippen molar-refractivity contribution in [2.45, 2.75) is 30.8 Å². The molecule has 1 aliphatic heterocycles. The maximum Gasteiger partial charge on any atom is 0.238 e. The van der Waals surface area contributed by atoms with Gasteiger partial charge in [0.15, 0.2) is 11.6 Å².